The van der Waals surface area contributed by atoms with E-state index in [9.17, 15) is 0 Å². The van der Waals surface area contributed by atoms with Crippen LogP contribution in [0.3, 0.4) is 0 Å². The Morgan fingerprint density at radius 2 is 2.17 bits per heavy atom. The van der Waals surface area contributed by atoms with Crippen LogP contribution in [0.4, 0.5) is 0 Å². The molecular formula is C13H12Cl2N2O. The Kier molecular flexibility index (Phi) is 3.29. The molecule has 0 radical (unpaired) electrons. The predicted octanol–water partition coefficient (Wildman–Crippen LogP) is 3.90. The lowest BCUT2D eigenvalue weighted by atomic mass is 10.2. The molecule has 1 fully saturated rings. The number of oxazole rings is 1. The van der Waals surface area contributed by atoms with Crippen LogP contribution in [0.15, 0.2) is 28.9 Å². The first-order valence-corrected chi connectivity index (χ1v) is 6.61. The van der Waals surface area contributed by atoms with Gasteiger partial charge in [-0.25, -0.2) is 4.98 Å². The second-order valence-electron chi connectivity index (χ2n) is 4.42. The molecule has 1 saturated carbocycles. The maximum Gasteiger partial charge on any atom is 0.227 e. The minimum absolute atomic E-state index is 0.509. The summed E-state index contributed by atoms with van der Waals surface area (Å²) >= 11 is 12.0. The van der Waals surface area contributed by atoms with Gasteiger partial charge in [-0.05, 0) is 31.0 Å². The summed E-state index contributed by atoms with van der Waals surface area (Å²) in [6.45, 7) is 0.729. The fourth-order valence-electron chi connectivity index (χ4n) is 1.71. The molecule has 5 heteroatoms. The highest BCUT2D eigenvalue weighted by atomic mass is 35.5. The normalized spacial score (nSPS) is 15.0. The first-order chi connectivity index (χ1) is 8.72. The van der Waals surface area contributed by atoms with Crippen LogP contribution in [0.25, 0.3) is 11.5 Å². The topological polar surface area (TPSA) is 38.1 Å². The Morgan fingerprint density at radius 1 is 1.33 bits per heavy atom. The molecule has 3 nitrogen and oxygen atoms in total. The van der Waals surface area contributed by atoms with Crippen LogP contribution in [-0.2, 0) is 6.54 Å². The van der Waals surface area contributed by atoms with Crippen molar-refractivity contribution >= 4 is 23.2 Å². The summed E-state index contributed by atoms with van der Waals surface area (Å²) in [6.07, 6.45) is 4.16. The zero-order valence-corrected chi connectivity index (χ0v) is 11.1. The standard InChI is InChI=1S/C13H12Cl2N2O/c14-8-1-4-12(15)11(5-8)13-17-10(7-18-13)6-16-9-2-3-9/h1,4-5,7,9,16H,2-3,6H2. The number of rotatable bonds is 4. The second-order valence-corrected chi connectivity index (χ2v) is 5.27. The molecule has 1 aromatic heterocycles. The molecule has 2 aromatic rings. The molecular weight excluding hydrogens is 271 g/mol. The molecule has 1 aromatic carbocycles. The molecule has 3 rings (SSSR count). The molecule has 0 aliphatic heterocycles. The average Bonchev–Trinajstić information content (AvgIpc) is 3.08. The predicted molar refractivity (Wildman–Crippen MR) is 71.8 cm³/mol. The smallest absolute Gasteiger partial charge is 0.227 e. The SMILES string of the molecule is Clc1ccc(Cl)c(-c2nc(CNC3CC3)co2)c1. The van der Waals surface area contributed by atoms with E-state index in [1.54, 1.807) is 24.5 Å². The summed E-state index contributed by atoms with van der Waals surface area (Å²) in [7, 11) is 0. The van der Waals surface area contributed by atoms with E-state index in [-0.39, 0.29) is 0 Å². The zero-order valence-electron chi connectivity index (χ0n) is 9.62. The largest absolute Gasteiger partial charge is 0.444 e. The third-order valence-electron chi connectivity index (χ3n) is 2.86. The van der Waals surface area contributed by atoms with E-state index in [0.717, 1.165) is 17.8 Å². The number of hydrogen-bond acceptors (Lipinski definition) is 3. The Bertz CT molecular complexity index is 564. The molecule has 94 valence electrons. The molecule has 1 aliphatic rings. The maximum absolute atomic E-state index is 6.10. The van der Waals surface area contributed by atoms with Crippen molar-refractivity contribution in [3.05, 3.63) is 40.2 Å². The molecule has 1 N–H and O–H groups in total. The van der Waals surface area contributed by atoms with E-state index < -0.39 is 0 Å². The van der Waals surface area contributed by atoms with Crippen molar-refractivity contribution in [3.8, 4) is 11.5 Å². The van der Waals surface area contributed by atoms with Gasteiger partial charge in [0.2, 0.25) is 5.89 Å². The van der Waals surface area contributed by atoms with Crippen LogP contribution in [0.2, 0.25) is 10.0 Å². The summed E-state index contributed by atoms with van der Waals surface area (Å²) in [6, 6.07) is 5.89. The third-order valence-corrected chi connectivity index (χ3v) is 3.42. The van der Waals surface area contributed by atoms with Crippen LogP contribution < -0.4 is 5.32 Å². The molecule has 1 heterocycles. The first-order valence-electron chi connectivity index (χ1n) is 5.85. The van der Waals surface area contributed by atoms with Crippen molar-refractivity contribution in [2.45, 2.75) is 25.4 Å². The number of halogens is 2. The summed E-state index contributed by atoms with van der Waals surface area (Å²) in [4.78, 5) is 4.41. The number of aromatic nitrogens is 1. The molecule has 0 spiro atoms. The van der Waals surface area contributed by atoms with E-state index in [1.165, 1.54) is 12.8 Å². The van der Waals surface area contributed by atoms with Gasteiger partial charge in [-0.2, -0.15) is 0 Å². The summed E-state index contributed by atoms with van der Waals surface area (Å²) < 4.78 is 5.45. The Labute approximate surface area is 115 Å². The number of benzene rings is 1. The van der Waals surface area contributed by atoms with Gasteiger partial charge in [-0.1, -0.05) is 23.2 Å². The van der Waals surface area contributed by atoms with Crippen LogP contribution >= 0.6 is 23.2 Å². The lowest BCUT2D eigenvalue weighted by molar-refractivity contribution is 0.570. The van der Waals surface area contributed by atoms with Crippen molar-refractivity contribution in [2.24, 2.45) is 0 Å². The molecule has 0 saturated heterocycles. The highest BCUT2D eigenvalue weighted by Gasteiger charge is 2.20. The minimum atomic E-state index is 0.509. The average molecular weight is 283 g/mol. The van der Waals surface area contributed by atoms with E-state index >= 15 is 0 Å². The molecule has 0 amide bonds. The summed E-state index contributed by atoms with van der Waals surface area (Å²) in [5.74, 6) is 0.509. The van der Waals surface area contributed by atoms with Crippen LogP contribution in [0.1, 0.15) is 18.5 Å². The van der Waals surface area contributed by atoms with Crippen molar-refractivity contribution in [2.75, 3.05) is 0 Å². The maximum atomic E-state index is 6.10. The molecule has 0 bridgehead atoms. The Hall–Kier alpha value is -1.03. The molecule has 0 atom stereocenters. The summed E-state index contributed by atoms with van der Waals surface area (Å²) in [5.41, 5.74) is 1.61. The third kappa shape index (κ3) is 2.69. The summed E-state index contributed by atoms with van der Waals surface area (Å²) in [5, 5.41) is 4.58. The van der Waals surface area contributed by atoms with E-state index in [0.29, 0.717) is 22.0 Å². The number of nitrogens with one attached hydrogen (secondary N) is 1. The van der Waals surface area contributed by atoms with Crippen LogP contribution in [0.5, 0.6) is 0 Å². The van der Waals surface area contributed by atoms with Gasteiger partial charge in [-0.15, -0.1) is 0 Å². The lowest BCUT2D eigenvalue weighted by Crippen LogP contribution is -2.15. The van der Waals surface area contributed by atoms with Crippen LogP contribution in [-0.4, -0.2) is 11.0 Å². The molecule has 0 unspecified atom stereocenters. The van der Waals surface area contributed by atoms with Gasteiger partial charge < -0.3 is 9.73 Å². The van der Waals surface area contributed by atoms with E-state index in [2.05, 4.69) is 10.3 Å². The van der Waals surface area contributed by atoms with E-state index in [1.807, 2.05) is 0 Å². The van der Waals surface area contributed by atoms with Crippen molar-refractivity contribution in [3.63, 3.8) is 0 Å². The molecule has 18 heavy (non-hydrogen) atoms. The fraction of sp³-hybridized carbons (Fsp3) is 0.308. The quantitative estimate of drug-likeness (QED) is 0.924. The lowest BCUT2D eigenvalue weighted by Gasteiger charge is -2.00. The van der Waals surface area contributed by atoms with Gasteiger partial charge >= 0.3 is 0 Å². The van der Waals surface area contributed by atoms with Gasteiger partial charge in [0.25, 0.3) is 0 Å². The Morgan fingerprint density at radius 3 is 2.94 bits per heavy atom. The Balaban J connectivity index is 1.80. The van der Waals surface area contributed by atoms with Gasteiger partial charge in [0.05, 0.1) is 16.3 Å². The van der Waals surface area contributed by atoms with Crippen molar-refractivity contribution in [1.29, 1.82) is 0 Å². The highest BCUT2D eigenvalue weighted by molar-refractivity contribution is 6.35. The number of nitrogens with zero attached hydrogens (tertiary/aromatic N) is 1. The monoisotopic (exact) mass is 282 g/mol. The van der Waals surface area contributed by atoms with E-state index in [4.69, 9.17) is 27.6 Å². The van der Waals surface area contributed by atoms with Crippen molar-refractivity contribution in [1.82, 2.24) is 10.3 Å². The van der Waals surface area contributed by atoms with Crippen LogP contribution in [0, 0.1) is 0 Å². The minimum Gasteiger partial charge on any atom is -0.444 e. The van der Waals surface area contributed by atoms with Gasteiger partial charge in [0.15, 0.2) is 0 Å². The fourth-order valence-corrected chi connectivity index (χ4v) is 2.08. The molecule has 1 aliphatic carbocycles. The number of hydrogen-bond donors (Lipinski definition) is 1. The zero-order chi connectivity index (χ0) is 12.5. The van der Waals surface area contributed by atoms with Crippen molar-refractivity contribution < 1.29 is 4.42 Å². The first kappa shape index (κ1) is 12.0. The second kappa shape index (κ2) is 4.92. The van der Waals surface area contributed by atoms with Gasteiger partial charge in [0, 0.05) is 17.6 Å². The highest BCUT2D eigenvalue weighted by Crippen LogP contribution is 2.30. The van der Waals surface area contributed by atoms with Gasteiger partial charge in [0.1, 0.15) is 6.26 Å². The van der Waals surface area contributed by atoms with Gasteiger partial charge in [-0.3, -0.25) is 0 Å².